The predicted molar refractivity (Wildman–Crippen MR) is 80.1 cm³/mol. The van der Waals surface area contributed by atoms with Gasteiger partial charge in [0.2, 0.25) is 5.28 Å². The molecule has 7 nitrogen and oxygen atoms in total. The Morgan fingerprint density at radius 1 is 1.45 bits per heavy atom. The van der Waals surface area contributed by atoms with Gasteiger partial charge in [0.1, 0.15) is 18.3 Å². The fraction of sp³-hybridized carbons (Fsp3) is 0.643. The third kappa shape index (κ3) is 5.31. The zero-order chi connectivity index (χ0) is 16.2. The van der Waals surface area contributed by atoms with Crippen molar-refractivity contribution in [2.75, 3.05) is 26.3 Å². The van der Waals surface area contributed by atoms with Crippen LogP contribution in [0.15, 0.2) is 12.4 Å². The number of rotatable bonds is 3. The Kier molecular flexibility index (Phi) is 5.42. The third-order valence-corrected chi connectivity index (χ3v) is 3.02. The first-order chi connectivity index (χ1) is 10.3. The second kappa shape index (κ2) is 7.11. The molecule has 0 aliphatic carbocycles. The molecule has 0 spiro atoms. The molecule has 8 heteroatoms. The summed E-state index contributed by atoms with van der Waals surface area (Å²) in [6.07, 6.45) is 2.42. The van der Waals surface area contributed by atoms with Crippen LogP contribution in [0.4, 0.5) is 4.79 Å². The van der Waals surface area contributed by atoms with Crippen LogP contribution >= 0.6 is 11.6 Å². The summed E-state index contributed by atoms with van der Waals surface area (Å²) in [6.45, 7) is 7.19. The number of hydrogen-bond donors (Lipinski definition) is 0. The van der Waals surface area contributed by atoms with Gasteiger partial charge in [-0.3, -0.25) is 0 Å². The van der Waals surface area contributed by atoms with Crippen molar-refractivity contribution in [2.24, 2.45) is 0 Å². The molecule has 2 heterocycles. The fourth-order valence-electron chi connectivity index (χ4n) is 1.88. The Balaban J connectivity index is 1.82. The summed E-state index contributed by atoms with van der Waals surface area (Å²) in [4.78, 5) is 21.3. The first-order valence-electron chi connectivity index (χ1n) is 7.03. The van der Waals surface area contributed by atoms with Crippen molar-refractivity contribution in [1.82, 2.24) is 14.9 Å². The van der Waals surface area contributed by atoms with Crippen molar-refractivity contribution >= 4 is 17.7 Å². The van der Waals surface area contributed by atoms with Crippen LogP contribution in [0.2, 0.25) is 5.28 Å². The quantitative estimate of drug-likeness (QED) is 0.791. The zero-order valence-corrected chi connectivity index (χ0v) is 13.7. The van der Waals surface area contributed by atoms with Crippen molar-refractivity contribution in [3.8, 4) is 5.75 Å². The molecule has 1 fully saturated rings. The molecule has 0 N–H and O–H groups in total. The van der Waals surface area contributed by atoms with E-state index in [9.17, 15) is 4.79 Å². The lowest BCUT2D eigenvalue weighted by molar-refractivity contribution is -0.0557. The van der Waals surface area contributed by atoms with Crippen LogP contribution in [0.1, 0.15) is 20.8 Å². The number of carbonyl (C=O) groups excluding carboxylic acids is 1. The van der Waals surface area contributed by atoms with Gasteiger partial charge in [-0.25, -0.2) is 14.8 Å². The minimum atomic E-state index is -0.512. The van der Waals surface area contributed by atoms with Crippen LogP contribution < -0.4 is 4.74 Å². The number of halogens is 1. The summed E-state index contributed by atoms with van der Waals surface area (Å²) in [5.41, 5.74) is -0.512. The van der Waals surface area contributed by atoms with E-state index in [4.69, 9.17) is 25.8 Å². The van der Waals surface area contributed by atoms with Crippen LogP contribution in [0.25, 0.3) is 0 Å². The number of carbonyl (C=O) groups is 1. The third-order valence-electron chi connectivity index (χ3n) is 2.82. The number of aromatic nitrogens is 2. The molecule has 1 amide bonds. The van der Waals surface area contributed by atoms with Gasteiger partial charge in [-0.05, 0) is 32.4 Å². The second-order valence-corrected chi connectivity index (χ2v) is 6.26. The highest BCUT2D eigenvalue weighted by atomic mass is 35.5. The minimum Gasteiger partial charge on any atom is -0.488 e. The van der Waals surface area contributed by atoms with Crippen molar-refractivity contribution in [1.29, 1.82) is 0 Å². The van der Waals surface area contributed by atoms with E-state index in [0.29, 0.717) is 32.1 Å². The maximum atomic E-state index is 12.0. The summed E-state index contributed by atoms with van der Waals surface area (Å²) in [6, 6.07) is 0. The highest BCUT2D eigenvalue weighted by Gasteiger charge is 2.28. The minimum absolute atomic E-state index is 0.164. The highest BCUT2D eigenvalue weighted by molar-refractivity contribution is 6.28. The SMILES string of the molecule is CC(C)(C)OC(=O)N1CCO[C@@H](COc2cnc(Cl)nc2)C1. The molecule has 0 bridgehead atoms. The van der Waals surface area contributed by atoms with Crippen molar-refractivity contribution < 1.29 is 19.0 Å². The summed E-state index contributed by atoms with van der Waals surface area (Å²) in [5.74, 6) is 0.502. The Hall–Kier alpha value is -1.60. The summed E-state index contributed by atoms with van der Waals surface area (Å²) in [5, 5.41) is 0.164. The number of morpholine rings is 1. The first-order valence-corrected chi connectivity index (χ1v) is 7.41. The number of nitrogens with zero attached hydrogens (tertiary/aromatic N) is 3. The van der Waals surface area contributed by atoms with Crippen LogP contribution in [0, 0.1) is 0 Å². The summed E-state index contributed by atoms with van der Waals surface area (Å²) >= 11 is 5.61. The maximum absolute atomic E-state index is 12.0. The van der Waals surface area contributed by atoms with Gasteiger partial charge < -0.3 is 19.1 Å². The molecule has 0 saturated carbocycles. The zero-order valence-electron chi connectivity index (χ0n) is 12.9. The molecule has 1 aromatic heterocycles. The van der Waals surface area contributed by atoms with E-state index in [1.165, 1.54) is 12.4 Å². The molecule has 0 radical (unpaired) electrons. The van der Waals surface area contributed by atoms with Gasteiger partial charge in [0.15, 0.2) is 5.75 Å². The van der Waals surface area contributed by atoms with Crippen LogP contribution in [-0.4, -0.2) is 59.0 Å². The van der Waals surface area contributed by atoms with E-state index in [1.807, 2.05) is 20.8 Å². The molecular weight excluding hydrogens is 310 g/mol. The lowest BCUT2D eigenvalue weighted by atomic mass is 10.2. The molecular formula is C14H20ClN3O4. The fourth-order valence-corrected chi connectivity index (χ4v) is 1.97. The monoisotopic (exact) mass is 329 g/mol. The van der Waals surface area contributed by atoms with Gasteiger partial charge in [-0.1, -0.05) is 0 Å². The van der Waals surface area contributed by atoms with E-state index in [2.05, 4.69) is 9.97 Å². The molecule has 1 saturated heterocycles. The molecule has 1 atom stereocenters. The van der Waals surface area contributed by atoms with Crippen molar-refractivity contribution in [2.45, 2.75) is 32.5 Å². The van der Waals surface area contributed by atoms with Crippen LogP contribution in [-0.2, 0) is 9.47 Å². The Morgan fingerprint density at radius 3 is 2.77 bits per heavy atom. The Morgan fingerprint density at radius 2 is 2.14 bits per heavy atom. The highest BCUT2D eigenvalue weighted by Crippen LogP contribution is 2.14. The van der Waals surface area contributed by atoms with Gasteiger partial charge in [0.05, 0.1) is 25.5 Å². The standard InChI is InChI=1S/C14H20ClN3O4/c1-14(2,3)22-13(19)18-4-5-20-11(8-18)9-21-10-6-16-12(15)17-7-10/h6-7,11H,4-5,8-9H2,1-3H3/t11-/m1/s1. The number of hydrogen-bond acceptors (Lipinski definition) is 6. The van der Waals surface area contributed by atoms with E-state index in [-0.39, 0.29) is 17.5 Å². The maximum Gasteiger partial charge on any atom is 0.410 e. The Labute approximate surface area is 134 Å². The lowest BCUT2D eigenvalue weighted by Gasteiger charge is -2.34. The molecule has 122 valence electrons. The average molecular weight is 330 g/mol. The van der Waals surface area contributed by atoms with E-state index in [0.717, 1.165) is 0 Å². The molecule has 0 aromatic carbocycles. The topological polar surface area (TPSA) is 73.8 Å². The van der Waals surface area contributed by atoms with Gasteiger partial charge in [-0.2, -0.15) is 0 Å². The largest absolute Gasteiger partial charge is 0.488 e. The van der Waals surface area contributed by atoms with Gasteiger partial charge in [0.25, 0.3) is 0 Å². The molecule has 22 heavy (non-hydrogen) atoms. The smallest absolute Gasteiger partial charge is 0.410 e. The van der Waals surface area contributed by atoms with E-state index in [1.54, 1.807) is 4.90 Å². The van der Waals surface area contributed by atoms with Crippen LogP contribution in [0.3, 0.4) is 0 Å². The molecule has 0 unspecified atom stereocenters. The molecule has 1 aliphatic rings. The van der Waals surface area contributed by atoms with E-state index < -0.39 is 5.60 Å². The van der Waals surface area contributed by atoms with Crippen molar-refractivity contribution in [3.63, 3.8) is 0 Å². The van der Waals surface area contributed by atoms with Gasteiger partial charge in [-0.15, -0.1) is 0 Å². The summed E-state index contributed by atoms with van der Waals surface area (Å²) < 4.78 is 16.5. The normalized spacial score (nSPS) is 18.9. The second-order valence-electron chi connectivity index (χ2n) is 5.92. The average Bonchev–Trinajstić information content (AvgIpc) is 2.45. The lowest BCUT2D eigenvalue weighted by Crippen LogP contribution is -2.49. The van der Waals surface area contributed by atoms with Crippen LogP contribution in [0.5, 0.6) is 5.75 Å². The summed E-state index contributed by atoms with van der Waals surface area (Å²) in [7, 11) is 0. The predicted octanol–water partition coefficient (Wildman–Crippen LogP) is 2.14. The number of ether oxygens (including phenoxy) is 3. The van der Waals surface area contributed by atoms with Gasteiger partial charge >= 0.3 is 6.09 Å². The molecule has 1 aliphatic heterocycles. The number of amides is 1. The Bertz CT molecular complexity index is 504. The van der Waals surface area contributed by atoms with E-state index >= 15 is 0 Å². The van der Waals surface area contributed by atoms with Crippen molar-refractivity contribution in [3.05, 3.63) is 17.7 Å². The van der Waals surface area contributed by atoms with Gasteiger partial charge in [0, 0.05) is 6.54 Å². The molecule has 1 aromatic rings. The molecule has 2 rings (SSSR count). The first kappa shape index (κ1) is 16.8.